The summed E-state index contributed by atoms with van der Waals surface area (Å²) in [6, 6.07) is -0.730. The average molecular weight is 255 g/mol. The number of nitrogens with zero attached hydrogens (tertiary/aromatic N) is 1. The number of carbonyl (C=O) groups is 2. The number of amides is 1. The molecule has 104 valence electrons. The van der Waals surface area contributed by atoms with Gasteiger partial charge in [0, 0.05) is 13.0 Å². The Hall–Kier alpha value is -1.06. The fourth-order valence-corrected chi connectivity index (χ4v) is 3.20. The van der Waals surface area contributed by atoms with E-state index in [1.54, 1.807) is 0 Å². The zero-order valence-corrected chi connectivity index (χ0v) is 11.8. The first-order valence-corrected chi connectivity index (χ1v) is 6.86. The molecule has 0 saturated heterocycles. The van der Waals surface area contributed by atoms with Crippen LogP contribution in [-0.2, 0) is 9.59 Å². The van der Waals surface area contributed by atoms with Crippen molar-refractivity contribution < 1.29 is 14.7 Å². The Bertz CT molecular complexity index is 314. The number of rotatable bonds is 4. The van der Waals surface area contributed by atoms with E-state index >= 15 is 0 Å². The highest BCUT2D eigenvalue weighted by molar-refractivity contribution is 5.82. The lowest BCUT2D eigenvalue weighted by atomic mass is 9.78. The molecule has 18 heavy (non-hydrogen) atoms. The van der Waals surface area contributed by atoms with Gasteiger partial charge in [-0.1, -0.05) is 19.8 Å². The molecule has 1 fully saturated rings. The third-order valence-corrected chi connectivity index (χ3v) is 3.90. The van der Waals surface area contributed by atoms with Crippen molar-refractivity contribution in [3.63, 3.8) is 0 Å². The van der Waals surface area contributed by atoms with E-state index in [4.69, 9.17) is 0 Å². The predicted molar refractivity (Wildman–Crippen MR) is 70.2 cm³/mol. The van der Waals surface area contributed by atoms with E-state index in [0.29, 0.717) is 5.92 Å². The molecule has 0 heterocycles. The van der Waals surface area contributed by atoms with Crippen molar-refractivity contribution in [1.82, 2.24) is 4.90 Å². The van der Waals surface area contributed by atoms with Crippen molar-refractivity contribution >= 4 is 11.9 Å². The Morgan fingerprint density at radius 1 is 1.28 bits per heavy atom. The number of hydrogen-bond acceptors (Lipinski definition) is 2. The number of hydrogen-bond donors (Lipinski definition) is 1. The summed E-state index contributed by atoms with van der Waals surface area (Å²) in [6.07, 6.45) is 4.06. The van der Waals surface area contributed by atoms with Gasteiger partial charge in [0.15, 0.2) is 0 Å². The van der Waals surface area contributed by atoms with Gasteiger partial charge in [-0.3, -0.25) is 4.79 Å². The third-order valence-electron chi connectivity index (χ3n) is 3.90. The normalized spacial score (nSPS) is 25.8. The van der Waals surface area contributed by atoms with E-state index in [1.165, 1.54) is 18.2 Å². The van der Waals surface area contributed by atoms with Crippen LogP contribution in [0.4, 0.5) is 0 Å². The Balaban J connectivity index is 2.93. The highest BCUT2D eigenvalue weighted by Gasteiger charge is 2.38. The molecule has 0 spiro atoms. The summed E-state index contributed by atoms with van der Waals surface area (Å²) in [5, 5.41) is 9.49. The van der Waals surface area contributed by atoms with Crippen LogP contribution >= 0.6 is 0 Å². The molecule has 0 aromatic carbocycles. The summed E-state index contributed by atoms with van der Waals surface area (Å²) in [4.78, 5) is 24.8. The van der Waals surface area contributed by atoms with Crippen LogP contribution in [0, 0.1) is 11.8 Å². The van der Waals surface area contributed by atoms with Gasteiger partial charge in [-0.05, 0) is 38.5 Å². The highest BCUT2D eigenvalue weighted by atomic mass is 16.4. The van der Waals surface area contributed by atoms with E-state index in [0.717, 1.165) is 19.3 Å². The Morgan fingerprint density at radius 2 is 1.89 bits per heavy atom. The zero-order valence-electron chi connectivity index (χ0n) is 11.8. The number of carboxylic acid groups (broad SMARTS) is 1. The van der Waals surface area contributed by atoms with Crippen LogP contribution in [0.1, 0.15) is 53.4 Å². The molecule has 1 amide bonds. The Kier molecular flexibility index (Phi) is 5.17. The molecular weight excluding hydrogens is 230 g/mol. The van der Waals surface area contributed by atoms with Crippen molar-refractivity contribution in [1.29, 1.82) is 0 Å². The third kappa shape index (κ3) is 3.47. The maximum Gasteiger partial charge on any atom is 0.326 e. The van der Waals surface area contributed by atoms with Crippen LogP contribution in [0.2, 0.25) is 0 Å². The predicted octanol–water partition coefficient (Wildman–Crippen LogP) is 2.52. The van der Waals surface area contributed by atoms with Crippen molar-refractivity contribution in [2.24, 2.45) is 11.8 Å². The molecule has 4 heteroatoms. The fraction of sp³-hybridized carbons (Fsp3) is 0.857. The molecule has 4 nitrogen and oxygen atoms in total. The SMILES string of the molecule is CC(=O)N(C(C)C)C(C(=O)O)C1CCCC(C)C1. The topological polar surface area (TPSA) is 57.6 Å². The van der Waals surface area contributed by atoms with Crippen LogP contribution in [0.5, 0.6) is 0 Å². The lowest BCUT2D eigenvalue weighted by molar-refractivity contribution is -0.154. The van der Waals surface area contributed by atoms with Gasteiger partial charge in [-0.15, -0.1) is 0 Å². The first-order valence-electron chi connectivity index (χ1n) is 6.86. The molecule has 1 aliphatic rings. The molecule has 3 unspecified atom stereocenters. The van der Waals surface area contributed by atoms with E-state index in [9.17, 15) is 14.7 Å². The van der Waals surface area contributed by atoms with E-state index < -0.39 is 12.0 Å². The van der Waals surface area contributed by atoms with Crippen molar-refractivity contribution in [2.45, 2.75) is 65.5 Å². The maximum absolute atomic E-state index is 11.7. The molecule has 1 saturated carbocycles. The van der Waals surface area contributed by atoms with E-state index in [-0.39, 0.29) is 17.9 Å². The lowest BCUT2D eigenvalue weighted by Gasteiger charge is -2.39. The Morgan fingerprint density at radius 3 is 2.28 bits per heavy atom. The largest absolute Gasteiger partial charge is 0.480 e. The molecule has 0 aliphatic heterocycles. The summed E-state index contributed by atoms with van der Waals surface area (Å²) in [6.45, 7) is 7.38. The average Bonchev–Trinajstić information content (AvgIpc) is 2.23. The molecule has 0 bridgehead atoms. The van der Waals surface area contributed by atoms with Gasteiger partial charge in [0.05, 0.1) is 0 Å². The van der Waals surface area contributed by atoms with Gasteiger partial charge in [-0.25, -0.2) is 4.79 Å². The van der Waals surface area contributed by atoms with Gasteiger partial charge in [0.25, 0.3) is 0 Å². The minimum absolute atomic E-state index is 0.0687. The molecule has 0 aromatic heterocycles. The Labute approximate surface area is 109 Å². The summed E-state index contributed by atoms with van der Waals surface area (Å²) in [7, 11) is 0. The highest BCUT2D eigenvalue weighted by Crippen LogP contribution is 2.33. The second kappa shape index (κ2) is 6.21. The van der Waals surface area contributed by atoms with Crippen molar-refractivity contribution in [3.05, 3.63) is 0 Å². The molecule has 1 N–H and O–H groups in total. The van der Waals surface area contributed by atoms with Crippen LogP contribution in [0.15, 0.2) is 0 Å². The van der Waals surface area contributed by atoms with Crippen LogP contribution in [-0.4, -0.2) is 34.0 Å². The van der Waals surface area contributed by atoms with E-state index in [2.05, 4.69) is 6.92 Å². The number of carbonyl (C=O) groups excluding carboxylic acids is 1. The maximum atomic E-state index is 11.7. The van der Waals surface area contributed by atoms with Gasteiger partial charge in [0.1, 0.15) is 6.04 Å². The molecule has 0 radical (unpaired) electrons. The summed E-state index contributed by atoms with van der Waals surface area (Å²) in [5.41, 5.74) is 0. The molecule has 1 aliphatic carbocycles. The van der Waals surface area contributed by atoms with Gasteiger partial charge in [0.2, 0.25) is 5.91 Å². The standard InChI is InChI=1S/C14H25NO3/c1-9(2)15(11(4)16)13(14(17)18)12-7-5-6-10(3)8-12/h9-10,12-13H,5-8H2,1-4H3,(H,17,18). The van der Waals surface area contributed by atoms with Crippen LogP contribution in [0.25, 0.3) is 0 Å². The number of carboxylic acids is 1. The fourth-order valence-electron chi connectivity index (χ4n) is 3.20. The van der Waals surface area contributed by atoms with Crippen molar-refractivity contribution in [3.8, 4) is 0 Å². The first kappa shape index (κ1) is 15.0. The first-order chi connectivity index (χ1) is 8.34. The molecular formula is C14H25NO3. The van der Waals surface area contributed by atoms with Crippen molar-refractivity contribution in [2.75, 3.05) is 0 Å². The minimum atomic E-state index is -0.863. The zero-order chi connectivity index (χ0) is 13.9. The molecule has 0 aromatic rings. The number of aliphatic carboxylic acids is 1. The van der Waals surface area contributed by atoms with E-state index in [1.807, 2.05) is 13.8 Å². The van der Waals surface area contributed by atoms with Gasteiger partial charge in [-0.2, -0.15) is 0 Å². The second-order valence-electron chi connectivity index (χ2n) is 5.83. The van der Waals surface area contributed by atoms with Crippen LogP contribution in [0.3, 0.4) is 0 Å². The summed E-state index contributed by atoms with van der Waals surface area (Å²) < 4.78 is 0. The second-order valence-corrected chi connectivity index (χ2v) is 5.83. The summed E-state index contributed by atoms with van der Waals surface area (Å²) >= 11 is 0. The smallest absolute Gasteiger partial charge is 0.326 e. The van der Waals surface area contributed by atoms with Gasteiger partial charge >= 0.3 is 5.97 Å². The van der Waals surface area contributed by atoms with Gasteiger partial charge < -0.3 is 10.0 Å². The summed E-state index contributed by atoms with van der Waals surface area (Å²) in [5.74, 6) is -0.349. The molecule has 3 atom stereocenters. The lowest BCUT2D eigenvalue weighted by Crippen LogP contribution is -2.52. The van der Waals surface area contributed by atoms with Crippen LogP contribution < -0.4 is 0 Å². The molecule has 1 rings (SSSR count). The monoisotopic (exact) mass is 255 g/mol. The quantitative estimate of drug-likeness (QED) is 0.839. The minimum Gasteiger partial charge on any atom is -0.480 e.